The molecule has 2 aromatic rings. The maximum Gasteiger partial charge on any atom is 0.251 e. The third-order valence-electron chi connectivity index (χ3n) is 3.12. The van der Waals surface area contributed by atoms with Gasteiger partial charge in [-0.25, -0.2) is 0 Å². The molecule has 2 N–H and O–H groups in total. The summed E-state index contributed by atoms with van der Waals surface area (Å²) in [5, 5.41) is 10.4. The number of nitrogens with one attached hydrogen (secondary N) is 1. The minimum Gasteiger partial charge on any atom is -0.393 e. The predicted octanol–water partition coefficient (Wildman–Crippen LogP) is 2.15. The van der Waals surface area contributed by atoms with Gasteiger partial charge in [-0.1, -0.05) is 18.2 Å². The minimum atomic E-state index is -0.375. The normalized spacial score (nSPS) is 12.9. The number of hydrogen-bond donors (Lipinski definition) is 2. The Kier molecular flexibility index (Phi) is 3.29. The van der Waals surface area contributed by atoms with Crippen molar-refractivity contribution in [3.05, 3.63) is 45.7 Å². The molecule has 1 unspecified atom stereocenters. The Morgan fingerprint density at radius 3 is 2.76 bits per heavy atom. The number of aromatic nitrogens is 1. The first-order chi connectivity index (χ1) is 8.09. The van der Waals surface area contributed by atoms with Crippen molar-refractivity contribution in [3.63, 3.8) is 0 Å². The van der Waals surface area contributed by atoms with Gasteiger partial charge in [0.25, 0.3) is 5.56 Å². The van der Waals surface area contributed by atoms with Crippen LogP contribution in [0.4, 0.5) is 0 Å². The zero-order valence-corrected chi connectivity index (χ0v) is 10.2. The van der Waals surface area contributed by atoms with Crippen LogP contribution in [-0.2, 0) is 6.42 Å². The average Bonchev–Trinajstić information content (AvgIpc) is 2.28. The molecular formula is C14H17NO2. The van der Waals surface area contributed by atoms with E-state index in [2.05, 4.69) is 4.98 Å². The van der Waals surface area contributed by atoms with Crippen LogP contribution in [0.3, 0.4) is 0 Å². The second kappa shape index (κ2) is 4.72. The summed E-state index contributed by atoms with van der Waals surface area (Å²) in [7, 11) is 0. The summed E-state index contributed by atoms with van der Waals surface area (Å²) in [6.07, 6.45) is 0.853. The fourth-order valence-corrected chi connectivity index (χ4v) is 2.10. The molecule has 0 saturated carbocycles. The Labute approximate surface area is 100 Å². The molecule has 0 aliphatic rings. The molecule has 90 valence electrons. The number of para-hydroxylation sites is 1. The van der Waals surface area contributed by atoms with Gasteiger partial charge in [-0.3, -0.25) is 4.79 Å². The molecule has 2 rings (SSSR count). The number of fused-ring (bicyclic) bond motifs is 1. The quantitative estimate of drug-likeness (QED) is 0.850. The third-order valence-corrected chi connectivity index (χ3v) is 3.12. The van der Waals surface area contributed by atoms with Crippen LogP contribution in [0.1, 0.15) is 24.5 Å². The van der Waals surface area contributed by atoms with Crippen LogP contribution >= 0.6 is 0 Å². The van der Waals surface area contributed by atoms with Gasteiger partial charge in [-0.05, 0) is 38.3 Å². The number of rotatable bonds is 3. The van der Waals surface area contributed by atoms with Gasteiger partial charge in [0.2, 0.25) is 0 Å². The molecular weight excluding hydrogens is 214 g/mol. The monoisotopic (exact) mass is 231 g/mol. The Morgan fingerprint density at radius 2 is 2.06 bits per heavy atom. The highest BCUT2D eigenvalue weighted by Gasteiger charge is 2.09. The van der Waals surface area contributed by atoms with Crippen LogP contribution < -0.4 is 5.56 Å². The summed E-state index contributed by atoms with van der Waals surface area (Å²) in [6.45, 7) is 3.71. The van der Waals surface area contributed by atoms with Crippen LogP contribution in [-0.4, -0.2) is 16.2 Å². The largest absolute Gasteiger partial charge is 0.393 e. The van der Waals surface area contributed by atoms with E-state index in [0.717, 1.165) is 22.0 Å². The van der Waals surface area contributed by atoms with Gasteiger partial charge in [0.1, 0.15) is 0 Å². The van der Waals surface area contributed by atoms with Gasteiger partial charge < -0.3 is 10.1 Å². The van der Waals surface area contributed by atoms with Crippen molar-refractivity contribution in [1.82, 2.24) is 4.98 Å². The maximum absolute atomic E-state index is 11.9. The van der Waals surface area contributed by atoms with Crippen molar-refractivity contribution >= 4 is 10.9 Å². The Balaban J connectivity index is 2.52. The summed E-state index contributed by atoms with van der Waals surface area (Å²) < 4.78 is 0. The van der Waals surface area contributed by atoms with Gasteiger partial charge in [-0.15, -0.1) is 0 Å². The molecule has 0 saturated heterocycles. The number of benzene rings is 1. The van der Waals surface area contributed by atoms with E-state index in [4.69, 9.17) is 0 Å². The van der Waals surface area contributed by atoms with E-state index in [1.807, 2.05) is 31.2 Å². The van der Waals surface area contributed by atoms with E-state index in [-0.39, 0.29) is 11.7 Å². The molecule has 0 spiro atoms. The second-order valence-electron chi connectivity index (χ2n) is 4.49. The van der Waals surface area contributed by atoms with Gasteiger partial charge in [0.05, 0.1) is 6.10 Å². The number of aromatic amines is 1. The van der Waals surface area contributed by atoms with Crippen LogP contribution in [0.15, 0.2) is 29.1 Å². The van der Waals surface area contributed by atoms with E-state index in [1.165, 1.54) is 0 Å². The van der Waals surface area contributed by atoms with Gasteiger partial charge in [0, 0.05) is 16.5 Å². The molecule has 1 aromatic carbocycles. The fourth-order valence-electron chi connectivity index (χ4n) is 2.10. The summed E-state index contributed by atoms with van der Waals surface area (Å²) in [6, 6.07) is 7.79. The number of aliphatic hydroxyl groups is 1. The predicted molar refractivity (Wildman–Crippen MR) is 69.3 cm³/mol. The summed E-state index contributed by atoms with van der Waals surface area (Å²) in [4.78, 5) is 14.8. The molecule has 0 aliphatic carbocycles. The zero-order chi connectivity index (χ0) is 12.4. The van der Waals surface area contributed by atoms with Crippen LogP contribution in [0.2, 0.25) is 0 Å². The molecule has 3 nitrogen and oxygen atoms in total. The topological polar surface area (TPSA) is 53.1 Å². The highest BCUT2D eigenvalue weighted by molar-refractivity contribution is 5.82. The van der Waals surface area contributed by atoms with E-state index < -0.39 is 0 Å². The maximum atomic E-state index is 11.9. The Morgan fingerprint density at radius 1 is 1.35 bits per heavy atom. The van der Waals surface area contributed by atoms with Gasteiger partial charge in [-0.2, -0.15) is 0 Å². The summed E-state index contributed by atoms with van der Waals surface area (Å²) >= 11 is 0. The molecule has 0 aliphatic heterocycles. The first kappa shape index (κ1) is 11.9. The third kappa shape index (κ3) is 2.39. The molecule has 17 heavy (non-hydrogen) atoms. The first-order valence-electron chi connectivity index (χ1n) is 5.88. The summed E-state index contributed by atoms with van der Waals surface area (Å²) in [5.41, 5.74) is 2.63. The zero-order valence-electron chi connectivity index (χ0n) is 10.2. The van der Waals surface area contributed by atoms with E-state index in [1.54, 1.807) is 6.92 Å². The molecule has 3 heteroatoms. The van der Waals surface area contributed by atoms with E-state index >= 15 is 0 Å². The van der Waals surface area contributed by atoms with Crippen molar-refractivity contribution in [2.45, 2.75) is 32.8 Å². The highest BCUT2D eigenvalue weighted by Crippen LogP contribution is 2.18. The molecule has 0 amide bonds. The molecule has 0 radical (unpaired) electrons. The van der Waals surface area contributed by atoms with Crippen molar-refractivity contribution in [1.29, 1.82) is 0 Å². The van der Waals surface area contributed by atoms with Gasteiger partial charge in [0.15, 0.2) is 0 Å². The van der Waals surface area contributed by atoms with Crippen molar-refractivity contribution in [2.24, 2.45) is 0 Å². The molecule has 1 atom stereocenters. The van der Waals surface area contributed by atoms with Crippen LogP contribution in [0, 0.1) is 6.92 Å². The number of pyridine rings is 1. The SMILES string of the molecule is Cc1c(CCC(C)O)c(=O)[nH]c2ccccc12. The van der Waals surface area contributed by atoms with E-state index in [9.17, 15) is 9.90 Å². The number of aryl methyl sites for hydroxylation is 1. The summed E-state index contributed by atoms with van der Waals surface area (Å²) in [5.74, 6) is 0. The lowest BCUT2D eigenvalue weighted by atomic mass is 10.0. The fraction of sp³-hybridized carbons (Fsp3) is 0.357. The van der Waals surface area contributed by atoms with Crippen LogP contribution in [0.5, 0.6) is 0 Å². The number of hydrogen-bond acceptors (Lipinski definition) is 2. The smallest absolute Gasteiger partial charge is 0.251 e. The second-order valence-corrected chi connectivity index (χ2v) is 4.49. The Hall–Kier alpha value is -1.61. The first-order valence-corrected chi connectivity index (χ1v) is 5.88. The Bertz CT molecular complexity index is 584. The van der Waals surface area contributed by atoms with Crippen molar-refractivity contribution in [2.75, 3.05) is 0 Å². The number of H-pyrrole nitrogens is 1. The van der Waals surface area contributed by atoms with Crippen LogP contribution in [0.25, 0.3) is 10.9 Å². The van der Waals surface area contributed by atoms with Gasteiger partial charge >= 0.3 is 0 Å². The van der Waals surface area contributed by atoms with E-state index in [0.29, 0.717) is 12.8 Å². The molecule has 1 aromatic heterocycles. The van der Waals surface area contributed by atoms with Crippen molar-refractivity contribution in [3.8, 4) is 0 Å². The minimum absolute atomic E-state index is 0.0400. The standard InChI is InChI=1S/C14H17NO2/c1-9(16)7-8-12-10(2)11-5-3-4-6-13(11)15-14(12)17/h3-6,9,16H,7-8H2,1-2H3,(H,15,17). The van der Waals surface area contributed by atoms with Crippen molar-refractivity contribution < 1.29 is 5.11 Å². The highest BCUT2D eigenvalue weighted by atomic mass is 16.3. The number of aliphatic hydroxyl groups excluding tert-OH is 1. The molecule has 1 heterocycles. The lowest BCUT2D eigenvalue weighted by Crippen LogP contribution is -2.16. The molecule has 0 fully saturated rings. The average molecular weight is 231 g/mol. The lowest BCUT2D eigenvalue weighted by molar-refractivity contribution is 0.185. The molecule has 0 bridgehead atoms. The lowest BCUT2D eigenvalue weighted by Gasteiger charge is -2.09.